The summed E-state index contributed by atoms with van der Waals surface area (Å²) >= 11 is 0. The number of nitrogens with one attached hydrogen (secondary N) is 1. The summed E-state index contributed by atoms with van der Waals surface area (Å²) in [7, 11) is 0. The second kappa shape index (κ2) is 10.1. The number of carboxylic acid groups (broad SMARTS) is 1. The standard InChI is InChI=1S/C30H28N2O5/c33-18-17-32-27(34)24-25(28(32)35)30(29(36)37,19-22-9-5-2-6-10-22)31-26(24)23-15-13-21(14-16-23)12-11-20-7-3-1-4-8-20/h1-16,24-26,31,33H,17-19H2,(H,36,37). The Balaban J connectivity index is 1.51. The quantitative estimate of drug-likeness (QED) is 0.327. The number of carbonyl (C=O) groups excluding carboxylic acids is 2. The maximum atomic E-state index is 13.4. The van der Waals surface area contributed by atoms with Crippen molar-refractivity contribution in [1.29, 1.82) is 0 Å². The van der Waals surface area contributed by atoms with Crippen LogP contribution in [0.25, 0.3) is 12.2 Å². The molecule has 0 aliphatic carbocycles. The predicted molar refractivity (Wildman–Crippen MR) is 139 cm³/mol. The monoisotopic (exact) mass is 496 g/mol. The highest BCUT2D eigenvalue weighted by molar-refractivity contribution is 6.09. The summed E-state index contributed by atoms with van der Waals surface area (Å²) in [5.74, 6) is -4.16. The third-order valence-electron chi connectivity index (χ3n) is 7.34. The van der Waals surface area contributed by atoms with E-state index >= 15 is 0 Å². The van der Waals surface area contributed by atoms with Gasteiger partial charge in [-0.05, 0) is 22.3 Å². The Hall–Kier alpha value is -4.07. The molecule has 2 fully saturated rings. The van der Waals surface area contributed by atoms with Crippen molar-refractivity contribution in [3.05, 3.63) is 107 Å². The van der Waals surface area contributed by atoms with E-state index in [0.29, 0.717) is 0 Å². The van der Waals surface area contributed by atoms with Crippen LogP contribution in [0.1, 0.15) is 28.3 Å². The van der Waals surface area contributed by atoms with Gasteiger partial charge in [0.15, 0.2) is 0 Å². The molecule has 7 heteroatoms. The number of benzene rings is 3. The molecule has 0 aromatic heterocycles. The number of aliphatic hydroxyl groups is 1. The molecule has 5 rings (SSSR count). The molecule has 188 valence electrons. The molecule has 2 aliphatic rings. The topological polar surface area (TPSA) is 107 Å². The zero-order valence-electron chi connectivity index (χ0n) is 20.2. The van der Waals surface area contributed by atoms with Crippen LogP contribution in [-0.4, -0.2) is 51.6 Å². The van der Waals surface area contributed by atoms with Crippen LogP contribution in [0.2, 0.25) is 0 Å². The molecule has 37 heavy (non-hydrogen) atoms. The van der Waals surface area contributed by atoms with E-state index in [9.17, 15) is 24.6 Å². The molecule has 0 saturated carbocycles. The maximum Gasteiger partial charge on any atom is 0.325 e. The number of hydrogen-bond acceptors (Lipinski definition) is 5. The lowest BCUT2D eigenvalue weighted by Gasteiger charge is -2.31. The first-order valence-electron chi connectivity index (χ1n) is 12.3. The van der Waals surface area contributed by atoms with Crippen molar-refractivity contribution >= 4 is 29.9 Å². The number of β-amino-alcohol motifs (C(OH)–C–C–N with tert-alkyl or cyclic N) is 1. The minimum atomic E-state index is -1.67. The number of aliphatic carboxylic acids is 1. The molecule has 2 heterocycles. The summed E-state index contributed by atoms with van der Waals surface area (Å²) in [6, 6.07) is 25.9. The molecule has 4 atom stereocenters. The lowest BCUT2D eigenvalue weighted by atomic mass is 9.76. The molecule has 2 aliphatic heterocycles. The van der Waals surface area contributed by atoms with Crippen LogP contribution in [-0.2, 0) is 20.8 Å². The SMILES string of the molecule is O=C1C2C(c3ccc(C=Cc4ccccc4)cc3)NC(Cc3ccccc3)(C(=O)O)C2C(=O)N1CCO. The van der Waals surface area contributed by atoms with Gasteiger partial charge in [-0.1, -0.05) is 97.1 Å². The Bertz CT molecular complexity index is 1320. The van der Waals surface area contributed by atoms with E-state index < -0.39 is 41.2 Å². The number of nitrogens with zero attached hydrogens (tertiary/aromatic N) is 1. The van der Waals surface area contributed by atoms with Gasteiger partial charge in [0.1, 0.15) is 5.54 Å². The Labute approximate surface area is 215 Å². The third kappa shape index (κ3) is 4.48. The van der Waals surface area contributed by atoms with Crippen molar-refractivity contribution in [3.8, 4) is 0 Å². The largest absolute Gasteiger partial charge is 0.480 e. The fraction of sp³-hybridized carbons (Fsp3) is 0.233. The lowest BCUT2D eigenvalue weighted by molar-refractivity contribution is -0.151. The van der Waals surface area contributed by atoms with E-state index in [2.05, 4.69) is 5.32 Å². The number of aliphatic hydroxyl groups excluding tert-OH is 1. The zero-order valence-corrected chi connectivity index (χ0v) is 20.2. The Morgan fingerprint density at radius 2 is 1.46 bits per heavy atom. The first kappa shape index (κ1) is 24.6. The normalized spacial score (nSPS) is 25.1. The number of carboxylic acids is 1. The molecule has 3 aromatic carbocycles. The average molecular weight is 497 g/mol. The number of hydrogen-bond donors (Lipinski definition) is 3. The van der Waals surface area contributed by atoms with E-state index in [1.54, 1.807) is 0 Å². The fourth-order valence-corrected chi connectivity index (χ4v) is 5.59. The molecule has 4 unspecified atom stereocenters. The first-order valence-corrected chi connectivity index (χ1v) is 12.3. The molecule has 2 saturated heterocycles. The van der Waals surface area contributed by atoms with E-state index in [4.69, 9.17) is 0 Å². The number of imide groups is 1. The number of carbonyl (C=O) groups is 3. The maximum absolute atomic E-state index is 13.4. The van der Waals surface area contributed by atoms with Crippen LogP contribution < -0.4 is 5.32 Å². The molecule has 2 amide bonds. The van der Waals surface area contributed by atoms with Crippen molar-refractivity contribution in [2.24, 2.45) is 11.8 Å². The summed E-state index contributed by atoms with van der Waals surface area (Å²) in [6.45, 7) is -0.530. The highest BCUT2D eigenvalue weighted by Crippen LogP contribution is 2.50. The molecule has 7 nitrogen and oxygen atoms in total. The van der Waals surface area contributed by atoms with Crippen LogP contribution in [0, 0.1) is 11.8 Å². The Morgan fingerprint density at radius 3 is 2.05 bits per heavy atom. The zero-order chi connectivity index (χ0) is 26.0. The van der Waals surface area contributed by atoms with Gasteiger partial charge in [0.25, 0.3) is 0 Å². The van der Waals surface area contributed by atoms with Crippen LogP contribution in [0.5, 0.6) is 0 Å². The summed E-state index contributed by atoms with van der Waals surface area (Å²) < 4.78 is 0. The van der Waals surface area contributed by atoms with Gasteiger partial charge >= 0.3 is 5.97 Å². The summed E-state index contributed by atoms with van der Waals surface area (Å²) in [5, 5.41) is 23.2. The van der Waals surface area contributed by atoms with Gasteiger partial charge < -0.3 is 10.2 Å². The Morgan fingerprint density at radius 1 is 0.865 bits per heavy atom. The average Bonchev–Trinajstić information content (AvgIpc) is 3.39. The molecule has 0 bridgehead atoms. The van der Waals surface area contributed by atoms with Crippen LogP contribution in [0.3, 0.4) is 0 Å². The molecular weight excluding hydrogens is 468 g/mol. The van der Waals surface area contributed by atoms with Gasteiger partial charge in [0.05, 0.1) is 25.0 Å². The van der Waals surface area contributed by atoms with Crippen LogP contribution in [0.4, 0.5) is 0 Å². The number of amides is 2. The smallest absolute Gasteiger partial charge is 0.325 e. The highest BCUT2D eigenvalue weighted by Gasteiger charge is 2.68. The number of likely N-dealkylation sites (tertiary alicyclic amines) is 1. The summed E-state index contributed by atoms with van der Waals surface area (Å²) in [5.41, 5.74) is 1.83. The molecule has 0 spiro atoms. The molecule has 3 N–H and O–H groups in total. The molecular formula is C30H28N2O5. The van der Waals surface area contributed by atoms with Gasteiger partial charge in [-0.3, -0.25) is 24.6 Å². The van der Waals surface area contributed by atoms with Gasteiger partial charge in [0, 0.05) is 12.5 Å². The van der Waals surface area contributed by atoms with Gasteiger partial charge in [-0.2, -0.15) is 0 Å². The predicted octanol–water partition coefficient (Wildman–Crippen LogP) is 3.16. The van der Waals surface area contributed by atoms with Crippen molar-refractivity contribution < 1.29 is 24.6 Å². The van der Waals surface area contributed by atoms with Gasteiger partial charge in [0.2, 0.25) is 11.8 Å². The van der Waals surface area contributed by atoms with Crippen molar-refractivity contribution in [3.63, 3.8) is 0 Å². The lowest BCUT2D eigenvalue weighted by Crippen LogP contribution is -2.57. The number of rotatable bonds is 8. The fourth-order valence-electron chi connectivity index (χ4n) is 5.59. The van der Waals surface area contributed by atoms with Crippen molar-refractivity contribution in [1.82, 2.24) is 10.2 Å². The molecule has 0 radical (unpaired) electrons. The van der Waals surface area contributed by atoms with Gasteiger partial charge in [-0.15, -0.1) is 0 Å². The van der Waals surface area contributed by atoms with E-state index in [0.717, 1.165) is 27.2 Å². The number of fused-ring (bicyclic) bond motifs is 1. The van der Waals surface area contributed by atoms with Crippen LogP contribution in [0.15, 0.2) is 84.9 Å². The van der Waals surface area contributed by atoms with Crippen molar-refractivity contribution in [2.45, 2.75) is 18.0 Å². The Kier molecular flexibility index (Phi) is 6.74. The highest BCUT2D eigenvalue weighted by atomic mass is 16.4. The van der Waals surface area contributed by atoms with E-state index in [-0.39, 0.29) is 19.6 Å². The second-order valence-corrected chi connectivity index (χ2v) is 9.53. The first-order chi connectivity index (χ1) is 17.9. The minimum Gasteiger partial charge on any atom is -0.480 e. The minimum absolute atomic E-state index is 0.0464. The van der Waals surface area contributed by atoms with Crippen LogP contribution >= 0.6 is 0 Å². The van der Waals surface area contributed by atoms with E-state index in [1.807, 2.05) is 97.1 Å². The summed E-state index contributed by atoms with van der Waals surface area (Å²) in [4.78, 5) is 40.7. The van der Waals surface area contributed by atoms with Crippen molar-refractivity contribution in [2.75, 3.05) is 13.2 Å². The molecule has 3 aromatic rings. The second-order valence-electron chi connectivity index (χ2n) is 9.53. The third-order valence-corrected chi connectivity index (χ3v) is 7.34. The summed E-state index contributed by atoms with van der Waals surface area (Å²) in [6.07, 6.45) is 4.03. The van der Waals surface area contributed by atoms with Gasteiger partial charge in [-0.25, -0.2) is 0 Å². The van der Waals surface area contributed by atoms with E-state index in [1.165, 1.54) is 0 Å².